The third kappa shape index (κ3) is 718. The van der Waals surface area contributed by atoms with Gasteiger partial charge in [-0.2, -0.15) is 0 Å². The van der Waals surface area contributed by atoms with E-state index in [1.165, 1.54) is 0 Å². The van der Waals surface area contributed by atoms with Crippen LogP contribution in [0.2, 0.25) is 0 Å². The molecule has 39 valence electrons. The first-order valence-corrected chi connectivity index (χ1v) is 1.64. The monoisotopic (exact) mass is 108 g/mol. The molecule has 6 heavy (non-hydrogen) atoms. The Morgan fingerprint density at radius 3 is 1.50 bits per heavy atom. The first kappa shape index (κ1) is 9.54. The molecule has 0 saturated heterocycles. The van der Waals surface area contributed by atoms with Crippen LogP contribution in [-0.2, 0) is 0 Å². The molecule has 0 bridgehead atoms. The minimum Gasteiger partial charge on any atom is -0.326 e. The molecule has 0 unspecified atom stereocenters. The molecule has 0 aliphatic carbocycles. The van der Waals surface area contributed by atoms with E-state index >= 15 is 0 Å². The molecule has 1 radical (unpaired) electrons. The number of halogens is 1. The van der Waals surface area contributed by atoms with Crippen LogP contribution in [0.1, 0.15) is 13.8 Å². The number of nitrogens with two attached hydrogens (primary N) is 1. The van der Waals surface area contributed by atoms with Crippen molar-refractivity contribution in [3.8, 4) is 0 Å². The fourth-order valence-corrected chi connectivity index (χ4v) is 0. The molecule has 1 nitrogen and oxygen atoms in total. The minimum atomic E-state index is -0.250. The summed E-state index contributed by atoms with van der Waals surface area (Å²) in [7, 11) is 0. The highest BCUT2D eigenvalue weighted by atomic mass is 35.5. The highest BCUT2D eigenvalue weighted by Gasteiger charge is 1.95. The van der Waals surface area contributed by atoms with Crippen LogP contribution >= 0.6 is 12.4 Å². The molecule has 2 N–H and O–H groups in total. The predicted octanol–water partition coefficient (Wildman–Crippen LogP) is 0.980. The second kappa shape index (κ2) is 2.43. The number of hydrogen-bond acceptors (Lipinski definition) is 1. The van der Waals surface area contributed by atoms with Gasteiger partial charge < -0.3 is 5.73 Å². The molecule has 0 aliphatic rings. The maximum absolute atomic E-state index is 5.24. The average molecular weight is 109 g/mol. The summed E-state index contributed by atoms with van der Waals surface area (Å²) < 4.78 is 0. The van der Waals surface area contributed by atoms with Gasteiger partial charge in [0.25, 0.3) is 0 Å². The second-order valence-electron chi connectivity index (χ2n) is 1.99. The summed E-state index contributed by atoms with van der Waals surface area (Å²) in [6, 6.07) is 0. The Labute approximate surface area is 45.3 Å². The largest absolute Gasteiger partial charge is 0.326 e. The van der Waals surface area contributed by atoms with Gasteiger partial charge in [0.05, 0.1) is 0 Å². The summed E-state index contributed by atoms with van der Waals surface area (Å²) in [5, 5.41) is 0. The second-order valence-corrected chi connectivity index (χ2v) is 1.99. The highest BCUT2D eigenvalue weighted by molar-refractivity contribution is 5.85. The molecule has 0 saturated carbocycles. The van der Waals surface area contributed by atoms with Crippen LogP contribution in [0.3, 0.4) is 0 Å². The molecular weight excluding hydrogens is 97.5 g/mol. The fraction of sp³-hybridized carbons (Fsp3) is 0.750. The molecular formula is C4H11ClN. The van der Waals surface area contributed by atoms with Gasteiger partial charge >= 0.3 is 0 Å². The molecule has 0 fully saturated rings. The van der Waals surface area contributed by atoms with E-state index in [0.717, 1.165) is 0 Å². The van der Waals surface area contributed by atoms with Crippen LogP contribution in [0.5, 0.6) is 0 Å². The van der Waals surface area contributed by atoms with E-state index in [9.17, 15) is 0 Å². The van der Waals surface area contributed by atoms with Crippen LogP contribution in [0.25, 0.3) is 0 Å². The lowest BCUT2D eigenvalue weighted by Crippen LogP contribution is -2.26. The van der Waals surface area contributed by atoms with Crippen LogP contribution in [-0.4, -0.2) is 5.54 Å². The molecule has 0 aromatic heterocycles. The van der Waals surface area contributed by atoms with Crippen LogP contribution < -0.4 is 5.73 Å². The van der Waals surface area contributed by atoms with Crippen molar-refractivity contribution in [2.45, 2.75) is 19.4 Å². The molecule has 2 heteroatoms. The summed E-state index contributed by atoms with van der Waals surface area (Å²) in [6.45, 7) is 7.26. The Balaban J connectivity index is 0. The maximum Gasteiger partial charge on any atom is 0.00977 e. The van der Waals surface area contributed by atoms with Crippen LogP contribution in [0.15, 0.2) is 0 Å². The van der Waals surface area contributed by atoms with Gasteiger partial charge in [-0.05, 0) is 20.8 Å². The van der Waals surface area contributed by atoms with Crippen molar-refractivity contribution >= 4 is 12.4 Å². The standard InChI is InChI=1S/C4H10N.ClH/c1-4(2,3)5;/h1,5H2,2-3H3;1H. The third-order valence-corrected chi connectivity index (χ3v) is 0. The summed E-state index contributed by atoms with van der Waals surface area (Å²) in [6.07, 6.45) is 0. The van der Waals surface area contributed by atoms with E-state index in [2.05, 4.69) is 6.92 Å². The molecule has 0 atom stereocenters. The minimum absolute atomic E-state index is 0. The van der Waals surface area contributed by atoms with Crippen molar-refractivity contribution in [3.63, 3.8) is 0 Å². The molecule has 0 rings (SSSR count). The lowest BCUT2D eigenvalue weighted by atomic mass is 10.1. The maximum atomic E-state index is 5.24. The topological polar surface area (TPSA) is 26.0 Å². The van der Waals surface area contributed by atoms with Gasteiger partial charge in [-0.15, -0.1) is 12.4 Å². The van der Waals surface area contributed by atoms with Crippen LogP contribution in [0, 0.1) is 6.92 Å². The van der Waals surface area contributed by atoms with E-state index < -0.39 is 0 Å². The van der Waals surface area contributed by atoms with E-state index in [1.807, 2.05) is 13.8 Å². The van der Waals surface area contributed by atoms with E-state index in [4.69, 9.17) is 5.73 Å². The van der Waals surface area contributed by atoms with Gasteiger partial charge in [0, 0.05) is 5.54 Å². The normalized spacial score (nSPS) is 10.0. The van der Waals surface area contributed by atoms with Crippen molar-refractivity contribution < 1.29 is 0 Å². The zero-order valence-electron chi connectivity index (χ0n) is 4.19. The number of rotatable bonds is 0. The first-order chi connectivity index (χ1) is 2.00. The Bertz CT molecular complexity index is 23.0. The quantitative estimate of drug-likeness (QED) is 0.492. The molecule has 0 amide bonds. The van der Waals surface area contributed by atoms with Gasteiger partial charge in [0.2, 0.25) is 0 Å². The summed E-state index contributed by atoms with van der Waals surface area (Å²) in [5.41, 5.74) is 4.99. The van der Waals surface area contributed by atoms with Crippen molar-refractivity contribution in [2.75, 3.05) is 0 Å². The van der Waals surface area contributed by atoms with Crippen molar-refractivity contribution in [3.05, 3.63) is 6.92 Å². The van der Waals surface area contributed by atoms with Crippen molar-refractivity contribution in [1.29, 1.82) is 0 Å². The smallest absolute Gasteiger partial charge is 0.00977 e. The SMILES string of the molecule is Cl.[CH2]C(C)(C)N. The van der Waals surface area contributed by atoms with Gasteiger partial charge in [-0.25, -0.2) is 0 Å². The molecule has 0 aromatic carbocycles. The Kier molecular flexibility index (Phi) is 3.86. The molecule has 0 spiro atoms. The van der Waals surface area contributed by atoms with E-state index in [0.29, 0.717) is 0 Å². The third-order valence-electron chi connectivity index (χ3n) is 0. The summed E-state index contributed by atoms with van der Waals surface area (Å²) in [5.74, 6) is 0. The average Bonchev–Trinajstić information content (AvgIpc) is 0.722. The van der Waals surface area contributed by atoms with Crippen LogP contribution in [0.4, 0.5) is 0 Å². The Morgan fingerprint density at radius 1 is 1.50 bits per heavy atom. The van der Waals surface area contributed by atoms with Gasteiger partial charge in [-0.3, -0.25) is 0 Å². The van der Waals surface area contributed by atoms with Gasteiger partial charge in [0.1, 0.15) is 0 Å². The first-order valence-electron chi connectivity index (χ1n) is 1.64. The predicted molar refractivity (Wildman–Crippen MR) is 30.9 cm³/mol. The molecule has 0 aliphatic heterocycles. The summed E-state index contributed by atoms with van der Waals surface area (Å²) >= 11 is 0. The van der Waals surface area contributed by atoms with Crippen molar-refractivity contribution in [1.82, 2.24) is 0 Å². The summed E-state index contributed by atoms with van der Waals surface area (Å²) in [4.78, 5) is 0. The zero-order chi connectivity index (χ0) is 4.50. The fourth-order valence-electron chi connectivity index (χ4n) is 0. The molecule has 0 heterocycles. The van der Waals surface area contributed by atoms with Gasteiger partial charge in [-0.1, -0.05) is 0 Å². The van der Waals surface area contributed by atoms with E-state index in [1.54, 1.807) is 0 Å². The number of hydrogen-bond donors (Lipinski definition) is 1. The van der Waals surface area contributed by atoms with E-state index in [-0.39, 0.29) is 17.9 Å². The lowest BCUT2D eigenvalue weighted by Gasteiger charge is -2.06. The Morgan fingerprint density at radius 2 is 1.50 bits per heavy atom. The zero-order valence-corrected chi connectivity index (χ0v) is 5.01. The van der Waals surface area contributed by atoms with Crippen molar-refractivity contribution in [2.24, 2.45) is 5.73 Å². The Hall–Kier alpha value is 0.250. The highest BCUT2D eigenvalue weighted by Crippen LogP contribution is 1.87. The lowest BCUT2D eigenvalue weighted by molar-refractivity contribution is 0.649. The van der Waals surface area contributed by atoms with Gasteiger partial charge in [0.15, 0.2) is 0 Å². The molecule has 0 aromatic rings.